The van der Waals surface area contributed by atoms with Crippen molar-refractivity contribution >= 4 is 12.1 Å². The number of methoxy groups -OCH3 is 1. The summed E-state index contributed by atoms with van der Waals surface area (Å²) >= 11 is 0. The molecule has 0 fully saturated rings. The number of hydrogen-bond donors (Lipinski definition) is 1. The molecule has 2 aromatic heterocycles. The van der Waals surface area contributed by atoms with E-state index in [1.807, 2.05) is 60.7 Å². The van der Waals surface area contributed by atoms with E-state index in [2.05, 4.69) is 10.3 Å². The minimum atomic E-state index is -0.966. The van der Waals surface area contributed by atoms with E-state index >= 15 is 0 Å². The lowest BCUT2D eigenvalue weighted by molar-refractivity contribution is 0.0914. The van der Waals surface area contributed by atoms with E-state index in [1.165, 1.54) is 19.4 Å². The van der Waals surface area contributed by atoms with Crippen LogP contribution in [0.2, 0.25) is 0 Å². The Morgan fingerprint density at radius 3 is 2.21 bits per heavy atom. The van der Waals surface area contributed by atoms with Gasteiger partial charge in [-0.1, -0.05) is 60.7 Å². The smallest absolute Gasteiger partial charge is 0.493 e. The van der Waals surface area contributed by atoms with Gasteiger partial charge in [-0.2, -0.15) is 5.10 Å². The van der Waals surface area contributed by atoms with Gasteiger partial charge in [-0.25, -0.2) is 14.8 Å². The third-order valence-corrected chi connectivity index (χ3v) is 5.82. The highest BCUT2D eigenvalue weighted by Crippen LogP contribution is 2.32. The normalized spacial score (nSPS) is 11.6. The summed E-state index contributed by atoms with van der Waals surface area (Å²) < 4.78 is 17.0. The fourth-order valence-electron chi connectivity index (χ4n) is 4.11. The average molecular weight is 516 g/mol. The number of ether oxygens (including phenoxy) is 3. The molecular weight excluding hydrogens is 486 g/mol. The Kier molecular flexibility index (Phi) is 8.32. The number of nitrogens with one attached hydrogen (secondary N) is 1. The monoisotopic (exact) mass is 515 g/mol. The maximum absolute atomic E-state index is 13.2. The number of aromatic nitrogens is 4. The predicted octanol–water partition coefficient (Wildman–Crippen LogP) is 4.43. The molecule has 0 spiro atoms. The molecule has 10 heteroatoms. The Bertz CT molecular complexity index is 1350. The predicted molar refractivity (Wildman–Crippen MR) is 139 cm³/mol. The van der Waals surface area contributed by atoms with Crippen LogP contribution in [-0.2, 0) is 11.8 Å². The van der Waals surface area contributed by atoms with Crippen molar-refractivity contribution in [3.63, 3.8) is 0 Å². The van der Waals surface area contributed by atoms with Crippen LogP contribution in [0.25, 0.3) is 0 Å². The Balaban J connectivity index is 1.62. The maximum Gasteiger partial charge on any atom is 0.514 e. The lowest BCUT2D eigenvalue weighted by Gasteiger charge is -2.16. The first-order chi connectivity index (χ1) is 18.4. The van der Waals surface area contributed by atoms with Gasteiger partial charge in [-0.05, 0) is 25.0 Å². The fraction of sp³-hybridized carbons (Fsp3) is 0.250. The van der Waals surface area contributed by atoms with Crippen molar-refractivity contribution in [2.75, 3.05) is 13.7 Å². The molecule has 0 unspecified atom stereocenters. The summed E-state index contributed by atoms with van der Waals surface area (Å²) in [7, 11) is 3.18. The number of nitrogens with zero attached hydrogens (tertiary/aromatic N) is 4. The van der Waals surface area contributed by atoms with Gasteiger partial charge in [0.25, 0.3) is 5.91 Å². The highest BCUT2D eigenvalue weighted by molar-refractivity contribution is 5.96. The largest absolute Gasteiger partial charge is 0.514 e. The van der Waals surface area contributed by atoms with Crippen LogP contribution in [0.3, 0.4) is 0 Å². The van der Waals surface area contributed by atoms with Crippen molar-refractivity contribution < 1.29 is 23.8 Å². The van der Waals surface area contributed by atoms with E-state index in [-0.39, 0.29) is 29.7 Å². The second-order valence-corrected chi connectivity index (χ2v) is 8.38. The molecular formula is C28H29N5O5. The molecule has 0 saturated heterocycles. The first kappa shape index (κ1) is 26.3. The minimum absolute atomic E-state index is 0.113. The van der Waals surface area contributed by atoms with Crippen molar-refractivity contribution in [1.82, 2.24) is 25.1 Å². The zero-order valence-corrected chi connectivity index (χ0v) is 21.6. The molecule has 4 rings (SSSR count). The van der Waals surface area contributed by atoms with Crippen LogP contribution in [0.4, 0.5) is 4.79 Å². The highest BCUT2D eigenvalue weighted by atomic mass is 16.7. The third kappa shape index (κ3) is 5.80. The molecule has 38 heavy (non-hydrogen) atoms. The molecule has 1 atom stereocenters. The number of rotatable bonds is 9. The number of carbonyl (C=O) groups excluding carboxylic acids is 2. The first-order valence-corrected chi connectivity index (χ1v) is 12.1. The molecule has 0 saturated carbocycles. The van der Waals surface area contributed by atoms with Crippen molar-refractivity contribution in [3.8, 4) is 11.5 Å². The van der Waals surface area contributed by atoms with Crippen LogP contribution < -0.4 is 14.8 Å². The molecule has 4 aromatic rings. The quantitative estimate of drug-likeness (QED) is 0.326. The summed E-state index contributed by atoms with van der Waals surface area (Å²) in [5.41, 5.74) is 1.97. The van der Waals surface area contributed by atoms with Crippen molar-refractivity contribution in [2.24, 2.45) is 7.05 Å². The third-order valence-electron chi connectivity index (χ3n) is 5.82. The Labute approximate surface area is 220 Å². The van der Waals surface area contributed by atoms with E-state index in [0.717, 1.165) is 11.1 Å². The van der Waals surface area contributed by atoms with Crippen molar-refractivity contribution in [3.05, 3.63) is 101 Å². The summed E-state index contributed by atoms with van der Waals surface area (Å²) in [6.07, 6.45) is 0.424. The van der Waals surface area contributed by atoms with Crippen molar-refractivity contribution in [1.29, 1.82) is 0 Å². The summed E-state index contributed by atoms with van der Waals surface area (Å²) in [6, 6.07) is 20.9. The van der Waals surface area contributed by atoms with Gasteiger partial charge in [-0.15, -0.1) is 0 Å². The molecule has 0 aliphatic heterocycles. The molecule has 2 aromatic carbocycles. The first-order valence-electron chi connectivity index (χ1n) is 12.1. The topological polar surface area (TPSA) is 117 Å². The number of hydrogen-bond acceptors (Lipinski definition) is 8. The SMILES string of the molecule is CCOC(=O)Oc1c(OC)ccnc1C(=O)N[C@@H](C)c1nc(C(c2ccccc2)c2ccccc2)nn1C. The van der Waals surface area contributed by atoms with Gasteiger partial charge >= 0.3 is 6.16 Å². The average Bonchev–Trinajstić information content (AvgIpc) is 3.31. The van der Waals surface area contributed by atoms with Crippen LogP contribution in [-0.4, -0.2) is 45.5 Å². The van der Waals surface area contributed by atoms with Gasteiger partial charge in [-0.3, -0.25) is 9.48 Å². The van der Waals surface area contributed by atoms with Gasteiger partial charge in [0, 0.05) is 19.3 Å². The number of carbonyl (C=O) groups is 2. The van der Waals surface area contributed by atoms with Crippen LogP contribution >= 0.6 is 0 Å². The van der Waals surface area contributed by atoms with Gasteiger partial charge in [0.2, 0.25) is 5.75 Å². The summed E-state index contributed by atoms with van der Waals surface area (Å²) in [5.74, 6) is 0.408. The van der Waals surface area contributed by atoms with Crippen LogP contribution in [0, 0.1) is 0 Å². The maximum atomic E-state index is 13.2. The summed E-state index contributed by atoms with van der Waals surface area (Å²) in [5, 5.41) is 7.57. The van der Waals surface area contributed by atoms with Gasteiger partial charge in [0.05, 0.1) is 25.7 Å². The summed E-state index contributed by atoms with van der Waals surface area (Å²) in [4.78, 5) is 34.1. The lowest BCUT2D eigenvalue weighted by Crippen LogP contribution is -2.30. The molecule has 0 aliphatic carbocycles. The van der Waals surface area contributed by atoms with Gasteiger partial charge in [0.1, 0.15) is 5.82 Å². The van der Waals surface area contributed by atoms with Crippen LogP contribution in [0.1, 0.15) is 59.1 Å². The van der Waals surface area contributed by atoms with Gasteiger partial charge < -0.3 is 19.5 Å². The Morgan fingerprint density at radius 2 is 1.63 bits per heavy atom. The molecule has 10 nitrogen and oxygen atoms in total. The highest BCUT2D eigenvalue weighted by Gasteiger charge is 2.27. The van der Waals surface area contributed by atoms with E-state index in [1.54, 1.807) is 25.6 Å². The number of pyridine rings is 1. The number of aryl methyl sites for hydroxylation is 1. The molecule has 2 heterocycles. The molecule has 1 amide bonds. The standard InChI is InChI=1S/C28H29N5O5/c1-5-37-28(35)38-24-21(36-4)16-17-29-23(24)27(34)30-18(2)26-31-25(32-33(26)3)22(19-12-8-6-9-13-19)20-14-10-7-11-15-20/h6-18,22H,5H2,1-4H3,(H,30,34)/t18-/m0/s1. The van der Waals surface area contributed by atoms with E-state index in [4.69, 9.17) is 24.3 Å². The summed E-state index contributed by atoms with van der Waals surface area (Å²) in [6.45, 7) is 3.55. The van der Waals surface area contributed by atoms with E-state index in [9.17, 15) is 9.59 Å². The zero-order valence-electron chi connectivity index (χ0n) is 21.6. The van der Waals surface area contributed by atoms with E-state index < -0.39 is 18.1 Å². The van der Waals surface area contributed by atoms with Crippen LogP contribution in [0.15, 0.2) is 72.9 Å². The molecule has 1 N–H and O–H groups in total. The van der Waals surface area contributed by atoms with Gasteiger partial charge in [0.15, 0.2) is 17.3 Å². The molecule has 0 radical (unpaired) electrons. The minimum Gasteiger partial charge on any atom is -0.493 e. The number of amides is 1. The lowest BCUT2D eigenvalue weighted by atomic mass is 9.91. The molecule has 0 bridgehead atoms. The fourth-order valence-corrected chi connectivity index (χ4v) is 4.11. The van der Waals surface area contributed by atoms with Crippen molar-refractivity contribution in [2.45, 2.75) is 25.8 Å². The Morgan fingerprint density at radius 1 is 1.00 bits per heavy atom. The Hall–Kier alpha value is -4.73. The number of benzene rings is 2. The van der Waals surface area contributed by atoms with E-state index in [0.29, 0.717) is 11.6 Å². The second-order valence-electron chi connectivity index (χ2n) is 8.38. The zero-order chi connectivity index (χ0) is 27.1. The molecule has 196 valence electrons. The van der Waals surface area contributed by atoms with Crippen LogP contribution in [0.5, 0.6) is 11.5 Å². The molecule has 0 aliphatic rings. The second kappa shape index (κ2) is 12.0.